The van der Waals surface area contributed by atoms with E-state index in [1.807, 2.05) is 6.92 Å². The first kappa shape index (κ1) is 15.7. The van der Waals surface area contributed by atoms with Gasteiger partial charge in [0.25, 0.3) is 10.2 Å². The molecule has 5 N–H and O–H groups in total. The maximum absolute atomic E-state index is 12.4. The number of carbonyl (C=O) groups is 1. The number of piperidine rings is 1. The molecule has 116 valence electrons. The van der Waals surface area contributed by atoms with Crippen LogP contribution in [0.25, 0.3) is 0 Å². The van der Waals surface area contributed by atoms with Gasteiger partial charge in [0, 0.05) is 12.2 Å². The van der Waals surface area contributed by atoms with Crippen LogP contribution < -0.4 is 20.5 Å². The van der Waals surface area contributed by atoms with Gasteiger partial charge in [-0.15, -0.1) is 0 Å². The molecule has 0 bridgehead atoms. The Morgan fingerprint density at radius 2 is 2.10 bits per heavy atom. The van der Waals surface area contributed by atoms with Crippen LogP contribution in [0.2, 0.25) is 0 Å². The number of nitrogens with one attached hydrogen (secondary N) is 3. The van der Waals surface area contributed by atoms with Gasteiger partial charge in [0.2, 0.25) is 5.91 Å². The van der Waals surface area contributed by atoms with Gasteiger partial charge in [-0.2, -0.15) is 8.42 Å². The highest BCUT2D eigenvalue weighted by molar-refractivity contribution is 7.90. The lowest BCUT2D eigenvalue weighted by Crippen LogP contribution is -2.46. The van der Waals surface area contributed by atoms with Crippen molar-refractivity contribution in [1.29, 1.82) is 0 Å². The Balaban J connectivity index is 2.09. The van der Waals surface area contributed by atoms with Gasteiger partial charge in [-0.1, -0.05) is 6.07 Å². The number of benzene rings is 1. The fourth-order valence-corrected chi connectivity index (χ4v) is 2.81. The van der Waals surface area contributed by atoms with Crippen molar-refractivity contribution in [2.45, 2.75) is 19.8 Å². The second kappa shape index (κ2) is 6.00. The third-order valence-electron chi connectivity index (χ3n) is 3.53. The van der Waals surface area contributed by atoms with E-state index in [0.717, 1.165) is 19.4 Å². The average Bonchev–Trinajstić information content (AvgIpc) is 2.38. The highest BCUT2D eigenvalue weighted by Crippen LogP contribution is 2.27. The summed E-state index contributed by atoms with van der Waals surface area (Å²) in [6, 6.07) is 6.43. The van der Waals surface area contributed by atoms with Crippen LogP contribution in [0.3, 0.4) is 0 Å². The molecule has 0 aliphatic carbocycles. The number of hydrogen-bond donors (Lipinski definition) is 4. The minimum atomic E-state index is -3.83. The number of hydrogen-bond acceptors (Lipinski definition) is 4. The molecule has 8 heteroatoms. The van der Waals surface area contributed by atoms with Gasteiger partial charge in [0.15, 0.2) is 0 Å². The zero-order valence-electron chi connectivity index (χ0n) is 11.8. The Morgan fingerprint density at radius 3 is 2.71 bits per heavy atom. The first-order valence-electron chi connectivity index (χ1n) is 6.71. The van der Waals surface area contributed by atoms with E-state index < -0.39 is 15.6 Å². The molecular formula is C13H20N4O3S. The van der Waals surface area contributed by atoms with E-state index in [4.69, 9.17) is 5.14 Å². The Hall–Kier alpha value is -1.64. The lowest BCUT2D eigenvalue weighted by Gasteiger charge is -2.32. The Bertz CT molecular complexity index is 624. The summed E-state index contributed by atoms with van der Waals surface area (Å²) in [4.78, 5) is 12.4. The molecule has 2 rings (SSSR count). The zero-order chi connectivity index (χ0) is 15.5. The normalized spacial score (nSPS) is 22.6. The quantitative estimate of drug-likeness (QED) is 0.653. The van der Waals surface area contributed by atoms with Crippen LogP contribution >= 0.6 is 0 Å². The van der Waals surface area contributed by atoms with Crippen LogP contribution in [0.4, 0.5) is 11.4 Å². The number of nitrogens with two attached hydrogens (primary N) is 1. The number of amides is 1. The molecule has 0 aromatic heterocycles. The van der Waals surface area contributed by atoms with Crippen molar-refractivity contribution >= 4 is 27.5 Å². The van der Waals surface area contributed by atoms with Crippen molar-refractivity contribution in [2.24, 2.45) is 10.6 Å². The van der Waals surface area contributed by atoms with Gasteiger partial charge in [-0.05, 0) is 44.5 Å². The molecule has 1 heterocycles. The molecule has 1 saturated heterocycles. The molecule has 1 unspecified atom stereocenters. The van der Waals surface area contributed by atoms with Crippen LogP contribution in [-0.4, -0.2) is 27.4 Å². The summed E-state index contributed by atoms with van der Waals surface area (Å²) < 4.78 is 24.2. The fraction of sp³-hybridized carbons (Fsp3) is 0.462. The summed E-state index contributed by atoms with van der Waals surface area (Å²) in [5.41, 5.74) is 0.379. The van der Waals surface area contributed by atoms with Crippen molar-refractivity contribution in [1.82, 2.24) is 5.32 Å². The SMILES string of the molecule is CC1(C(=O)Nc2cccc(NS(N)(=O)=O)c2)CCCNC1. The summed E-state index contributed by atoms with van der Waals surface area (Å²) in [7, 11) is -3.83. The van der Waals surface area contributed by atoms with Crippen LogP contribution in [0.1, 0.15) is 19.8 Å². The Labute approximate surface area is 124 Å². The largest absolute Gasteiger partial charge is 0.326 e. The summed E-state index contributed by atoms with van der Waals surface area (Å²) in [5, 5.41) is 11.0. The third kappa shape index (κ3) is 4.42. The molecule has 0 saturated carbocycles. The minimum absolute atomic E-state index is 0.0811. The summed E-state index contributed by atoms with van der Waals surface area (Å²) in [6.45, 7) is 3.48. The van der Waals surface area contributed by atoms with E-state index in [1.54, 1.807) is 18.2 Å². The lowest BCUT2D eigenvalue weighted by molar-refractivity contribution is -0.125. The predicted molar refractivity (Wildman–Crippen MR) is 82.0 cm³/mol. The Kier molecular flexibility index (Phi) is 4.50. The lowest BCUT2D eigenvalue weighted by atomic mass is 9.82. The Morgan fingerprint density at radius 1 is 1.38 bits per heavy atom. The molecule has 1 aromatic rings. The second-order valence-electron chi connectivity index (χ2n) is 5.52. The maximum Gasteiger partial charge on any atom is 0.296 e. The van der Waals surface area contributed by atoms with Crippen molar-refractivity contribution in [3.63, 3.8) is 0 Å². The molecule has 21 heavy (non-hydrogen) atoms. The van der Waals surface area contributed by atoms with E-state index in [1.165, 1.54) is 6.07 Å². The number of anilines is 2. The van der Waals surface area contributed by atoms with E-state index >= 15 is 0 Å². The first-order valence-corrected chi connectivity index (χ1v) is 8.26. The van der Waals surface area contributed by atoms with Crippen LogP contribution in [-0.2, 0) is 15.0 Å². The molecule has 1 amide bonds. The maximum atomic E-state index is 12.4. The zero-order valence-corrected chi connectivity index (χ0v) is 12.7. The van der Waals surface area contributed by atoms with Crippen molar-refractivity contribution in [3.8, 4) is 0 Å². The number of carbonyl (C=O) groups excluding carboxylic acids is 1. The highest BCUT2D eigenvalue weighted by atomic mass is 32.2. The molecule has 1 aromatic carbocycles. The minimum Gasteiger partial charge on any atom is -0.326 e. The van der Waals surface area contributed by atoms with Crippen LogP contribution in [0.15, 0.2) is 24.3 Å². The van der Waals surface area contributed by atoms with Gasteiger partial charge in [-0.25, -0.2) is 5.14 Å². The summed E-state index contributed by atoms with van der Waals surface area (Å²) >= 11 is 0. The van der Waals surface area contributed by atoms with Gasteiger partial charge < -0.3 is 10.6 Å². The monoisotopic (exact) mass is 312 g/mol. The number of rotatable bonds is 4. The standard InChI is InChI=1S/C13H20N4O3S/c1-13(6-3-7-15-9-13)12(18)16-10-4-2-5-11(8-10)17-21(14,19)20/h2,4-5,8,15,17H,3,6-7,9H2,1H3,(H,16,18)(H2,14,19,20). The molecule has 1 aliphatic rings. The van der Waals surface area contributed by atoms with E-state index in [9.17, 15) is 13.2 Å². The summed E-state index contributed by atoms with van der Waals surface area (Å²) in [6.07, 6.45) is 1.78. The molecule has 0 spiro atoms. The van der Waals surface area contributed by atoms with Gasteiger partial charge in [0.05, 0.1) is 11.1 Å². The van der Waals surface area contributed by atoms with Gasteiger partial charge >= 0.3 is 0 Å². The van der Waals surface area contributed by atoms with Gasteiger partial charge in [0.1, 0.15) is 0 Å². The molecule has 1 aliphatic heterocycles. The van der Waals surface area contributed by atoms with E-state index in [0.29, 0.717) is 17.9 Å². The van der Waals surface area contributed by atoms with Crippen LogP contribution in [0, 0.1) is 5.41 Å². The third-order valence-corrected chi connectivity index (χ3v) is 4.05. The molecule has 1 fully saturated rings. The van der Waals surface area contributed by atoms with Crippen LogP contribution in [0.5, 0.6) is 0 Å². The van der Waals surface area contributed by atoms with Crippen molar-refractivity contribution in [2.75, 3.05) is 23.1 Å². The molecule has 1 atom stereocenters. The first-order chi connectivity index (χ1) is 9.78. The molecule has 7 nitrogen and oxygen atoms in total. The topological polar surface area (TPSA) is 113 Å². The van der Waals surface area contributed by atoms with Crippen molar-refractivity contribution < 1.29 is 13.2 Å². The fourth-order valence-electron chi connectivity index (χ4n) is 2.36. The van der Waals surface area contributed by atoms with E-state index in [2.05, 4.69) is 15.4 Å². The van der Waals surface area contributed by atoms with Crippen molar-refractivity contribution in [3.05, 3.63) is 24.3 Å². The predicted octanol–water partition coefficient (Wildman–Crippen LogP) is 0.630. The average molecular weight is 312 g/mol. The van der Waals surface area contributed by atoms with Gasteiger partial charge in [-0.3, -0.25) is 9.52 Å². The molecule has 0 radical (unpaired) electrons. The molecular weight excluding hydrogens is 292 g/mol. The smallest absolute Gasteiger partial charge is 0.296 e. The summed E-state index contributed by atoms with van der Waals surface area (Å²) in [5.74, 6) is -0.0811. The second-order valence-corrected chi connectivity index (χ2v) is 6.82. The van der Waals surface area contributed by atoms with E-state index in [-0.39, 0.29) is 5.91 Å². The highest BCUT2D eigenvalue weighted by Gasteiger charge is 2.34.